The molecule has 1 aliphatic carbocycles. The van der Waals surface area contributed by atoms with Crippen LogP contribution in [0.4, 0.5) is 0 Å². The lowest BCUT2D eigenvalue weighted by Gasteiger charge is -2.27. The normalized spacial score (nSPS) is 38.1. The summed E-state index contributed by atoms with van der Waals surface area (Å²) in [5.74, 6) is 0.339. The minimum atomic E-state index is -0.0440. The predicted octanol–water partition coefficient (Wildman–Crippen LogP) is 2.16. The van der Waals surface area contributed by atoms with Crippen molar-refractivity contribution in [3.63, 3.8) is 0 Å². The zero-order chi connectivity index (χ0) is 13.2. The first kappa shape index (κ1) is 13.8. The molecule has 0 aromatic carbocycles. The fraction of sp³-hybridized carbons (Fsp3) is 0.929. The van der Waals surface area contributed by atoms with E-state index in [0.29, 0.717) is 12.5 Å². The molecule has 1 saturated carbocycles. The Labute approximate surface area is 109 Å². The molecular weight excluding hydrogens is 232 g/mol. The van der Waals surface area contributed by atoms with Crippen LogP contribution in [0.15, 0.2) is 0 Å². The van der Waals surface area contributed by atoms with Gasteiger partial charge in [0.25, 0.3) is 0 Å². The van der Waals surface area contributed by atoms with E-state index in [1.807, 2.05) is 0 Å². The molecule has 2 rings (SSSR count). The number of esters is 1. The van der Waals surface area contributed by atoms with E-state index in [1.165, 1.54) is 0 Å². The lowest BCUT2D eigenvalue weighted by Crippen LogP contribution is -2.34. The van der Waals surface area contributed by atoms with E-state index in [2.05, 4.69) is 13.8 Å². The number of ether oxygens (including phenoxy) is 3. The van der Waals surface area contributed by atoms with Gasteiger partial charge in [0, 0.05) is 13.7 Å². The van der Waals surface area contributed by atoms with Crippen molar-refractivity contribution in [2.45, 2.75) is 51.2 Å². The third kappa shape index (κ3) is 3.04. The summed E-state index contributed by atoms with van der Waals surface area (Å²) in [5, 5.41) is 0. The first-order chi connectivity index (χ1) is 8.57. The van der Waals surface area contributed by atoms with Gasteiger partial charge in [0.05, 0.1) is 24.2 Å². The van der Waals surface area contributed by atoms with Gasteiger partial charge in [0.15, 0.2) is 0 Å². The van der Waals surface area contributed by atoms with Gasteiger partial charge in [0.2, 0.25) is 0 Å². The molecule has 0 spiro atoms. The Morgan fingerprint density at radius 1 is 1.39 bits per heavy atom. The van der Waals surface area contributed by atoms with Gasteiger partial charge in [-0.1, -0.05) is 6.92 Å². The second-order valence-electron chi connectivity index (χ2n) is 5.81. The van der Waals surface area contributed by atoms with Crippen LogP contribution in [-0.4, -0.2) is 38.0 Å². The Bertz CT molecular complexity index is 304. The summed E-state index contributed by atoms with van der Waals surface area (Å²) in [5.41, 5.74) is 0.0503. The highest BCUT2D eigenvalue weighted by atomic mass is 16.6. The van der Waals surface area contributed by atoms with E-state index in [9.17, 15) is 4.79 Å². The van der Waals surface area contributed by atoms with Crippen LogP contribution in [0.25, 0.3) is 0 Å². The smallest absolute Gasteiger partial charge is 0.309 e. The zero-order valence-electron chi connectivity index (χ0n) is 11.6. The number of methoxy groups -OCH3 is 1. The van der Waals surface area contributed by atoms with Crippen molar-refractivity contribution in [3.05, 3.63) is 0 Å². The quantitative estimate of drug-likeness (QED) is 0.415. The van der Waals surface area contributed by atoms with Gasteiger partial charge in [-0.3, -0.25) is 4.79 Å². The molecule has 0 amide bonds. The highest BCUT2D eigenvalue weighted by Crippen LogP contribution is 2.51. The lowest BCUT2D eigenvalue weighted by molar-refractivity contribution is -0.151. The van der Waals surface area contributed by atoms with E-state index in [-0.39, 0.29) is 23.6 Å². The van der Waals surface area contributed by atoms with Crippen LogP contribution in [0.1, 0.15) is 39.5 Å². The van der Waals surface area contributed by atoms with Crippen molar-refractivity contribution >= 4 is 5.97 Å². The molecule has 4 unspecified atom stereocenters. The number of fused-ring (bicyclic) bond motifs is 1. The van der Waals surface area contributed by atoms with Crippen molar-refractivity contribution in [1.29, 1.82) is 0 Å². The average Bonchev–Trinajstić information content (AvgIpc) is 2.97. The van der Waals surface area contributed by atoms with E-state index in [1.54, 1.807) is 7.11 Å². The molecule has 2 aliphatic rings. The summed E-state index contributed by atoms with van der Waals surface area (Å²) in [4.78, 5) is 12.0. The number of epoxide rings is 1. The highest BCUT2D eigenvalue weighted by molar-refractivity contribution is 5.73. The molecule has 18 heavy (non-hydrogen) atoms. The average molecular weight is 256 g/mol. The summed E-state index contributed by atoms with van der Waals surface area (Å²) in [6.45, 7) is 5.50. The maximum atomic E-state index is 12.0. The number of rotatable bonds is 6. The molecule has 4 nitrogen and oxygen atoms in total. The molecule has 0 radical (unpaired) electrons. The summed E-state index contributed by atoms with van der Waals surface area (Å²) < 4.78 is 16.0. The summed E-state index contributed by atoms with van der Waals surface area (Å²) in [7, 11) is 1.68. The monoisotopic (exact) mass is 256 g/mol. The number of carbonyl (C=O) groups excluding carboxylic acids is 1. The Morgan fingerprint density at radius 2 is 2.11 bits per heavy atom. The van der Waals surface area contributed by atoms with Crippen LogP contribution in [0.3, 0.4) is 0 Å². The Balaban J connectivity index is 1.69. The second kappa shape index (κ2) is 5.57. The van der Waals surface area contributed by atoms with Crippen molar-refractivity contribution in [2.24, 2.45) is 11.8 Å². The molecule has 0 N–H and O–H groups in total. The van der Waals surface area contributed by atoms with Gasteiger partial charge in [0.1, 0.15) is 0 Å². The minimum absolute atomic E-state index is 0.0213. The Kier molecular flexibility index (Phi) is 4.28. The fourth-order valence-corrected chi connectivity index (χ4v) is 2.97. The van der Waals surface area contributed by atoms with Crippen molar-refractivity contribution in [3.8, 4) is 0 Å². The Morgan fingerprint density at radius 3 is 2.83 bits per heavy atom. The molecule has 2 fully saturated rings. The number of hydrogen-bond donors (Lipinski definition) is 0. The van der Waals surface area contributed by atoms with Crippen LogP contribution in [0.2, 0.25) is 0 Å². The molecule has 0 aromatic rings. The molecular formula is C14H24O4. The summed E-state index contributed by atoms with van der Waals surface area (Å²) in [6.07, 6.45) is 3.89. The lowest BCUT2D eigenvalue weighted by atomic mass is 9.75. The van der Waals surface area contributed by atoms with Crippen molar-refractivity contribution < 1.29 is 19.0 Å². The molecule has 4 heteroatoms. The van der Waals surface area contributed by atoms with Gasteiger partial charge in [-0.05, 0) is 38.5 Å². The second-order valence-corrected chi connectivity index (χ2v) is 5.81. The van der Waals surface area contributed by atoms with E-state index in [0.717, 1.165) is 32.3 Å². The van der Waals surface area contributed by atoms with E-state index in [4.69, 9.17) is 14.2 Å². The van der Waals surface area contributed by atoms with Crippen molar-refractivity contribution in [1.82, 2.24) is 0 Å². The van der Waals surface area contributed by atoms with Gasteiger partial charge < -0.3 is 14.2 Å². The van der Waals surface area contributed by atoms with Crippen LogP contribution >= 0.6 is 0 Å². The molecule has 1 saturated heterocycles. The summed E-state index contributed by atoms with van der Waals surface area (Å²) >= 11 is 0. The van der Waals surface area contributed by atoms with Crippen LogP contribution < -0.4 is 0 Å². The molecule has 0 aromatic heterocycles. The van der Waals surface area contributed by atoms with E-state index < -0.39 is 0 Å². The molecule has 4 atom stereocenters. The Hall–Kier alpha value is -0.610. The predicted molar refractivity (Wildman–Crippen MR) is 67.2 cm³/mol. The van der Waals surface area contributed by atoms with Crippen molar-refractivity contribution in [2.75, 3.05) is 20.3 Å². The third-order valence-electron chi connectivity index (χ3n) is 4.21. The SMILES string of the molecule is COCCCCOC(=O)C1CC2OC2(C)CC1C. The maximum absolute atomic E-state index is 12.0. The van der Waals surface area contributed by atoms with Crippen LogP contribution in [-0.2, 0) is 19.0 Å². The van der Waals surface area contributed by atoms with Gasteiger partial charge in [-0.25, -0.2) is 0 Å². The van der Waals surface area contributed by atoms with Crippen LogP contribution in [0.5, 0.6) is 0 Å². The third-order valence-corrected chi connectivity index (χ3v) is 4.21. The highest BCUT2D eigenvalue weighted by Gasteiger charge is 2.58. The maximum Gasteiger partial charge on any atom is 0.309 e. The number of hydrogen-bond acceptors (Lipinski definition) is 4. The fourth-order valence-electron chi connectivity index (χ4n) is 2.97. The molecule has 1 heterocycles. The first-order valence-electron chi connectivity index (χ1n) is 6.90. The van der Waals surface area contributed by atoms with Gasteiger partial charge >= 0.3 is 5.97 Å². The molecule has 104 valence electrons. The number of carbonyl (C=O) groups is 1. The molecule has 0 bridgehead atoms. The van der Waals surface area contributed by atoms with E-state index >= 15 is 0 Å². The topological polar surface area (TPSA) is 48.1 Å². The first-order valence-corrected chi connectivity index (χ1v) is 6.90. The van der Waals surface area contributed by atoms with Gasteiger partial charge in [-0.15, -0.1) is 0 Å². The van der Waals surface area contributed by atoms with Gasteiger partial charge in [-0.2, -0.15) is 0 Å². The van der Waals surface area contributed by atoms with Crippen LogP contribution in [0, 0.1) is 11.8 Å². The minimum Gasteiger partial charge on any atom is -0.465 e. The number of unbranched alkanes of at least 4 members (excludes halogenated alkanes) is 1. The largest absolute Gasteiger partial charge is 0.465 e. The summed E-state index contributed by atoms with van der Waals surface area (Å²) in [6, 6.07) is 0. The standard InChI is InChI=1S/C14H24O4/c1-10-9-14(2)12(18-14)8-11(10)13(15)17-7-5-4-6-16-3/h10-12H,4-9H2,1-3H3. The molecule has 1 aliphatic heterocycles. The zero-order valence-corrected chi connectivity index (χ0v) is 11.6.